The molecule has 184 valence electrons. The number of hydrogen-bond donors (Lipinski definition) is 1. The maximum atomic E-state index is 12.8. The molecule has 4 aromatic rings. The van der Waals surface area contributed by atoms with Crippen molar-refractivity contribution in [2.24, 2.45) is 0 Å². The third-order valence-corrected chi connectivity index (χ3v) is 7.56. The quantitative estimate of drug-likeness (QED) is 0.364. The predicted octanol–water partition coefficient (Wildman–Crippen LogP) is 5.74. The summed E-state index contributed by atoms with van der Waals surface area (Å²) >= 11 is 1.08. The van der Waals surface area contributed by atoms with Crippen LogP contribution in [0.1, 0.15) is 28.8 Å². The minimum Gasteiger partial charge on any atom is -0.481 e. The molecule has 1 aliphatic heterocycles. The Hall–Kier alpha value is -2.98. The molecule has 0 bridgehead atoms. The Morgan fingerprint density at radius 2 is 1.91 bits per heavy atom. The number of piperidine rings is 1. The highest BCUT2D eigenvalue weighted by molar-refractivity contribution is 7.18. The first-order valence-electron chi connectivity index (χ1n) is 11.5. The molecule has 10 heteroatoms. The SMILES string of the molecule is COc1ccc2c(C)c(CN3CCC(Nc4ncnc5sc(CC(F)(F)F)cc45)CC3)ccc2n1. The van der Waals surface area contributed by atoms with Crippen molar-refractivity contribution in [2.45, 2.75) is 44.9 Å². The fraction of sp³-hybridized carbons (Fsp3) is 0.400. The van der Waals surface area contributed by atoms with E-state index >= 15 is 0 Å². The lowest BCUT2D eigenvalue weighted by atomic mass is 10.00. The molecular weight excluding hydrogens is 475 g/mol. The topological polar surface area (TPSA) is 63.2 Å². The number of ether oxygens (including phenoxy) is 1. The number of fused-ring (bicyclic) bond motifs is 2. The summed E-state index contributed by atoms with van der Waals surface area (Å²) in [4.78, 5) is 16.3. The van der Waals surface area contributed by atoms with Crippen LogP contribution in [0.25, 0.3) is 21.1 Å². The third-order valence-electron chi connectivity index (χ3n) is 6.51. The molecule has 35 heavy (non-hydrogen) atoms. The Bertz CT molecular complexity index is 1350. The van der Waals surface area contributed by atoms with E-state index in [0.717, 1.165) is 54.7 Å². The number of anilines is 1. The molecule has 3 aromatic heterocycles. The molecule has 6 nitrogen and oxygen atoms in total. The van der Waals surface area contributed by atoms with Crippen molar-refractivity contribution in [1.29, 1.82) is 0 Å². The van der Waals surface area contributed by atoms with Crippen LogP contribution in [0, 0.1) is 6.92 Å². The Morgan fingerprint density at radius 1 is 1.11 bits per heavy atom. The lowest BCUT2D eigenvalue weighted by Crippen LogP contribution is -2.39. The van der Waals surface area contributed by atoms with Crippen LogP contribution < -0.4 is 10.1 Å². The van der Waals surface area contributed by atoms with Gasteiger partial charge in [0.05, 0.1) is 24.4 Å². The smallest absolute Gasteiger partial charge is 0.393 e. The zero-order valence-electron chi connectivity index (χ0n) is 19.5. The second-order valence-corrected chi connectivity index (χ2v) is 10.0. The van der Waals surface area contributed by atoms with E-state index in [9.17, 15) is 13.2 Å². The summed E-state index contributed by atoms with van der Waals surface area (Å²) in [5.74, 6) is 1.23. The van der Waals surface area contributed by atoms with Gasteiger partial charge in [-0.25, -0.2) is 15.0 Å². The second-order valence-electron chi connectivity index (χ2n) is 8.91. The van der Waals surface area contributed by atoms with Crippen LogP contribution >= 0.6 is 11.3 Å². The second kappa shape index (κ2) is 9.58. The van der Waals surface area contributed by atoms with Gasteiger partial charge in [-0.1, -0.05) is 6.07 Å². The molecule has 5 rings (SSSR count). The number of benzene rings is 1. The molecule has 1 saturated heterocycles. The van der Waals surface area contributed by atoms with Gasteiger partial charge in [0.1, 0.15) is 17.0 Å². The molecule has 0 spiro atoms. The van der Waals surface area contributed by atoms with Crippen molar-refractivity contribution in [3.63, 3.8) is 0 Å². The van der Waals surface area contributed by atoms with Gasteiger partial charge in [0.2, 0.25) is 5.88 Å². The number of halogens is 3. The lowest BCUT2D eigenvalue weighted by molar-refractivity contribution is -0.126. The Kier molecular flexibility index (Phi) is 6.50. The summed E-state index contributed by atoms with van der Waals surface area (Å²) in [5, 5.41) is 5.25. The standard InChI is InChI=1S/C25H26F3N5OS/c1-15-16(3-5-21-19(15)4-6-22(32-21)34-2)13-33-9-7-17(8-10-33)31-23-20-11-18(12-25(26,27)28)35-24(20)30-14-29-23/h3-6,11,14,17H,7-10,12-13H2,1-2H3,(H,29,30,31). The number of alkyl halides is 3. The fourth-order valence-electron chi connectivity index (χ4n) is 4.64. The fourth-order valence-corrected chi connectivity index (χ4v) is 5.66. The van der Waals surface area contributed by atoms with Crippen LogP contribution in [-0.2, 0) is 13.0 Å². The van der Waals surface area contributed by atoms with Crippen LogP contribution in [-0.4, -0.2) is 52.3 Å². The van der Waals surface area contributed by atoms with Crippen LogP contribution in [0.3, 0.4) is 0 Å². The average molecular weight is 502 g/mol. The van der Waals surface area contributed by atoms with Crippen molar-refractivity contribution in [1.82, 2.24) is 19.9 Å². The molecule has 1 N–H and O–H groups in total. The van der Waals surface area contributed by atoms with Crippen molar-refractivity contribution < 1.29 is 17.9 Å². The van der Waals surface area contributed by atoms with Crippen molar-refractivity contribution in [2.75, 3.05) is 25.5 Å². The van der Waals surface area contributed by atoms with E-state index in [2.05, 4.69) is 44.2 Å². The van der Waals surface area contributed by atoms with E-state index in [1.165, 1.54) is 17.5 Å². The molecular formula is C25H26F3N5OS. The van der Waals surface area contributed by atoms with Crippen LogP contribution in [0.4, 0.5) is 19.0 Å². The summed E-state index contributed by atoms with van der Waals surface area (Å²) in [7, 11) is 1.62. The summed E-state index contributed by atoms with van der Waals surface area (Å²) in [6, 6.07) is 9.91. The van der Waals surface area contributed by atoms with Crippen molar-refractivity contribution in [3.8, 4) is 5.88 Å². The molecule has 4 heterocycles. The highest BCUT2D eigenvalue weighted by Gasteiger charge is 2.29. The number of hydrogen-bond acceptors (Lipinski definition) is 7. The summed E-state index contributed by atoms with van der Waals surface area (Å²) in [6.07, 6.45) is -1.90. The first kappa shape index (κ1) is 23.7. The van der Waals surface area contributed by atoms with Gasteiger partial charge in [-0.15, -0.1) is 11.3 Å². The number of nitrogens with one attached hydrogen (secondary N) is 1. The third kappa shape index (κ3) is 5.33. The van der Waals surface area contributed by atoms with Gasteiger partial charge in [0, 0.05) is 42.0 Å². The molecule has 1 aromatic carbocycles. The lowest BCUT2D eigenvalue weighted by Gasteiger charge is -2.33. The van der Waals surface area contributed by atoms with E-state index in [1.807, 2.05) is 12.1 Å². The maximum absolute atomic E-state index is 12.8. The van der Waals surface area contributed by atoms with Gasteiger partial charge < -0.3 is 10.1 Å². The minimum absolute atomic E-state index is 0.213. The van der Waals surface area contributed by atoms with E-state index in [4.69, 9.17) is 4.74 Å². The van der Waals surface area contributed by atoms with Gasteiger partial charge in [-0.05, 0) is 49.1 Å². The summed E-state index contributed by atoms with van der Waals surface area (Å²) in [6.45, 7) is 4.85. The van der Waals surface area contributed by atoms with E-state index < -0.39 is 12.6 Å². The number of aromatic nitrogens is 3. The largest absolute Gasteiger partial charge is 0.481 e. The number of likely N-dealkylation sites (tertiary alicyclic amines) is 1. The molecule has 1 fully saturated rings. The zero-order chi connectivity index (χ0) is 24.6. The molecule has 0 amide bonds. The number of nitrogens with zero attached hydrogens (tertiary/aromatic N) is 4. The summed E-state index contributed by atoms with van der Waals surface area (Å²) in [5.41, 5.74) is 3.44. The molecule has 0 aliphatic carbocycles. The Balaban J connectivity index is 1.23. The van der Waals surface area contributed by atoms with Crippen LogP contribution in [0.5, 0.6) is 5.88 Å². The monoisotopic (exact) mass is 501 g/mol. The normalized spacial score (nSPS) is 15.7. The molecule has 1 aliphatic rings. The van der Waals surface area contributed by atoms with E-state index in [1.54, 1.807) is 13.2 Å². The Morgan fingerprint density at radius 3 is 2.66 bits per heavy atom. The highest BCUT2D eigenvalue weighted by atomic mass is 32.1. The average Bonchev–Trinajstić information content (AvgIpc) is 3.23. The van der Waals surface area contributed by atoms with Gasteiger partial charge in [-0.3, -0.25) is 4.90 Å². The van der Waals surface area contributed by atoms with Crippen molar-refractivity contribution >= 4 is 38.3 Å². The first-order chi connectivity index (χ1) is 16.8. The minimum atomic E-state index is -4.23. The van der Waals surface area contributed by atoms with Gasteiger partial charge >= 0.3 is 6.18 Å². The summed E-state index contributed by atoms with van der Waals surface area (Å²) < 4.78 is 43.7. The van der Waals surface area contributed by atoms with E-state index in [-0.39, 0.29) is 10.9 Å². The predicted molar refractivity (Wildman–Crippen MR) is 132 cm³/mol. The number of rotatable bonds is 6. The van der Waals surface area contributed by atoms with Crippen molar-refractivity contribution in [3.05, 3.63) is 52.7 Å². The number of pyridine rings is 1. The molecule has 0 saturated carbocycles. The number of aryl methyl sites for hydroxylation is 1. The molecule has 0 atom stereocenters. The van der Waals surface area contributed by atoms with Gasteiger partial charge in [-0.2, -0.15) is 13.2 Å². The van der Waals surface area contributed by atoms with Crippen LogP contribution in [0.15, 0.2) is 36.7 Å². The first-order valence-corrected chi connectivity index (χ1v) is 12.3. The number of methoxy groups -OCH3 is 1. The molecule has 0 radical (unpaired) electrons. The molecule has 0 unspecified atom stereocenters. The van der Waals surface area contributed by atoms with Gasteiger partial charge in [0.25, 0.3) is 0 Å². The highest BCUT2D eigenvalue weighted by Crippen LogP contribution is 2.33. The maximum Gasteiger partial charge on any atom is 0.393 e. The van der Waals surface area contributed by atoms with Gasteiger partial charge in [0.15, 0.2) is 0 Å². The van der Waals surface area contributed by atoms with Crippen LogP contribution in [0.2, 0.25) is 0 Å². The Labute approximate surface area is 205 Å². The van der Waals surface area contributed by atoms with E-state index in [0.29, 0.717) is 21.9 Å². The zero-order valence-corrected chi connectivity index (χ0v) is 20.3. The number of thiophene rings is 1.